The van der Waals surface area contributed by atoms with Crippen LogP contribution < -0.4 is 23.0 Å². The maximum Gasteiger partial charge on any atom is 0.278 e. The van der Waals surface area contributed by atoms with Crippen LogP contribution in [0.5, 0.6) is 0 Å². The van der Waals surface area contributed by atoms with Crippen molar-refractivity contribution in [3.63, 3.8) is 0 Å². The Morgan fingerprint density at radius 1 is 1.44 bits per heavy atom. The van der Waals surface area contributed by atoms with Gasteiger partial charge < -0.3 is 28.0 Å². The third-order valence-corrected chi connectivity index (χ3v) is 3.10. The van der Waals surface area contributed by atoms with E-state index >= 15 is 0 Å². The highest BCUT2D eigenvalue weighted by Gasteiger charge is 2.20. The molecule has 98 valence electrons. The van der Waals surface area contributed by atoms with Crippen molar-refractivity contribution in [1.29, 1.82) is 0 Å². The summed E-state index contributed by atoms with van der Waals surface area (Å²) in [6, 6.07) is 8.08. The van der Waals surface area contributed by atoms with Crippen molar-refractivity contribution in [2.45, 2.75) is 12.5 Å². The molecule has 2 aromatic rings. The molecule has 1 atom stereocenters. The van der Waals surface area contributed by atoms with Crippen LogP contribution in [0.15, 0.2) is 30.5 Å². The Hall–Kier alpha value is -1.52. The number of benzene rings is 1. The van der Waals surface area contributed by atoms with Crippen LogP contribution >= 0.6 is 0 Å². The predicted octanol–water partition coefficient (Wildman–Crippen LogP) is -2.98. The van der Waals surface area contributed by atoms with Gasteiger partial charge in [-0.15, -0.1) is 0 Å². The number of fused-ring (bicyclic) bond motifs is 1. The Morgan fingerprint density at radius 3 is 2.83 bits per heavy atom. The fraction of sp³-hybridized carbons (Fsp3) is 0.308. The van der Waals surface area contributed by atoms with Gasteiger partial charge in [0.2, 0.25) is 0 Å². The summed E-state index contributed by atoms with van der Waals surface area (Å²) in [5.74, 6) is 0.0674. The Bertz CT molecular complexity index is 524. The number of hydrogen-bond donors (Lipinski definition) is 3. The fourth-order valence-corrected chi connectivity index (χ4v) is 2.08. The SMILES string of the molecule is CNC(=O)[C@H](Cc1c[nH]c2ccccc12)[NH2+]C.[Cl-]. The maximum absolute atomic E-state index is 11.7. The average molecular weight is 268 g/mol. The van der Waals surface area contributed by atoms with E-state index in [1.807, 2.05) is 36.8 Å². The number of likely N-dealkylation sites (N-methyl/N-ethyl adjacent to an activating group) is 2. The molecule has 0 aliphatic rings. The van der Waals surface area contributed by atoms with Gasteiger partial charge in [-0.3, -0.25) is 4.79 Å². The topological polar surface area (TPSA) is 61.5 Å². The lowest BCUT2D eigenvalue weighted by Gasteiger charge is -2.10. The fourth-order valence-electron chi connectivity index (χ4n) is 2.08. The van der Waals surface area contributed by atoms with Crippen LogP contribution in [0.1, 0.15) is 5.56 Å². The van der Waals surface area contributed by atoms with Gasteiger partial charge in [0.1, 0.15) is 0 Å². The number of H-pyrrole nitrogens is 1. The summed E-state index contributed by atoms with van der Waals surface area (Å²) in [7, 11) is 3.60. The van der Waals surface area contributed by atoms with Crippen LogP contribution in [-0.2, 0) is 11.2 Å². The summed E-state index contributed by atoms with van der Waals surface area (Å²) in [4.78, 5) is 14.9. The molecule has 1 amide bonds. The van der Waals surface area contributed by atoms with E-state index in [2.05, 4.69) is 16.4 Å². The minimum Gasteiger partial charge on any atom is -1.00 e. The molecular weight excluding hydrogens is 250 g/mol. The molecule has 4 N–H and O–H groups in total. The van der Waals surface area contributed by atoms with Gasteiger partial charge in [-0.2, -0.15) is 0 Å². The van der Waals surface area contributed by atoms with Crippen LogP contribution in [0, 0.1) is 0 Å². The molecule has 1 aromatic carbocycles. The molecule has 0 bridgehead atoms. The number of aromatic amines is 1. The largest absolute Gasteiger partial charge is 1.00 e. The van der Waals surface area contributed by atoms with E-state index in [-0.39, 0.29) is 24.4 Å². The summed E-state index contributed by atoms with van der Waals surface area (Å²) in [5, 5.41) is 5.84. The highest BCUT2D eigenvalue weighted by Crippen LogP contribution is 2.18. The smallest absolute Gasteiger partial charge is 0.278 e. The normalized spacial score (nSPS) is 11.9. The van der Waals surface area contributed by atoms with Crippen molar-refractivity contribution in [3.8, 4) is 0 Å². The van der Waals surface area contributed by atoms with Crippen molar-refractivity contribution in [2.24, 2.45) is 0 Å². The number of nitrogens with two attached hydrogens (primary N) is 1. The van der Waals surface area contributed by atoms with Gasteiger partial charge in [0.25, 0.3) is 5.91 Å². The van der Waals surface area contributed by atoms with E-state index in [1.165, 1.54) is 10.9 Å². The molecule has 2 rings (SSSR count). The minimum absolute atomic E-state index is 0. The number of carbonyl (C=O) groups is 1. The second-order valence-corrected chi connectivity index (χ2v) is 4.12. The van der Waals surface area contributed by atoms with Crippen molar-refractivity contribution in [3.05, 3.63) is 36.0 Å². The Morgan fingerprint density at radius 2 is 2.17 bits per heavy atom. The number of aromatic nitrogens is 1. The lowest BCUT2D eigenvalue weighted by Crippen LogP contribution is -3.00. The molecule has 0 radical (unpaired) electrons. The minimum atomic E-state index is -0.0702. The molecule has 18 heavy (non-hydrogen) atoms. The second-order valence-electron chi connectivity index (χ2n) is 4.12. The molecule has 0 spiro atoms. The van der Waals surface area contributed by atoms with Gasteiger partial charge in [0.15, 0.2) is 6.04 Å². The first-order valence-corrected chi connectivity index (χ1v) is 5.82. The van der Waals surface area contributed by atoms with Crippen LogP contribution in [0.4, 0.5) is 0 Å². The lowest BCUT2D eigenvalue weighted by atomic mass is 10.0. The Kier molecular flexibility index (Phi) is 5.19. The number of hydrogen-bond acceptors (Lipinski definition) is 1. The molecule has 0 fully saturated rings. The maximum atomic E-state index is 11.7. The second kappa shape index (κ2) is 6.42. The number of para-hydroxylation sites is 1. The van der Waals surface area contributed by atoms with Crippen molar-refractivity contribution < 1.29 is 22.5 Å². The summed E-state index contributed by atoms with van der Waals surface area (Å²) < 4.78 is 0. The van der Waals surface area contributed by atoms with Gasteiger partial charge in [-0.05, 0) is 11.6 Å². The quantitative estimate of drug-likeness (QED) is 0.544. The first-order valence-electron chi connectivity index (χ1n) is 5.82. The first kappa shape index (κ1) is 14.5. The zero-order valence-corrected chi connectivity index (χ0v) is 11.3. The number of quaternary nitrogens is 1. The molecule has 4 nitrogen and oxygen atoms in total. The Balaban J connectivity index is 0.00000162. The van der Waals surface area contributed by atoms with Crippen LogP contribution in [0.25, 0.3) is 10.9 Å². The summed E-state index contributed by atoms with van der Waals surface area (Å²) in [5.41, 5.74) is 2.31. The highest BCUT2D eigenvalue weighted by atomic mass is 35.5. The van der Waals surface area contributed by atoms with E-state index in [1.54, 1.807) is 7.05 Å². The molecule has 0 saturated heterocycles. The van der Waals surface area contributed by atoms with E-state index < -0.39 is 0 Å². The summed E-state index contributed by atoms with van der Waals surface area (Å²) in [6.45, 7) is 0. The number of rotatable bonds is 4. The first-order chi connectivity index (χ1) is 8.26. The molecule has 0 aliphatic heterocycles. The molecule has 0 unspecified atom stereocenters. The number of amides is 1. The van der Waals surface area contributed by atoms with Gasteiger partial charge in [-0.25, -0.2) is 0 Å². The van der Waals surface area contributed by atoms with Crippen LogP contribution in [0.3, 0.4) is 0 Å². The van der Waals surface area contributed by atoms with Gasteiger partial charge >= 0.3 is 0 Å². The van der Waals surface area contributed by atoms with Crippen molar-refractivity contribution >= 4 is 16.8 Å². The third-order valence-electron chi connectivity index (χ3n) is 3.10. The number of halogens is 1. The van der Waals surface area contributed by atoms with Crippen molar-refractivity contribution in [1.82, 2.24) is 10.3 Å². The van der Waals surface area contributed by atoms with E-state index in [4.69, 9.17) is 0 Å². The standard InChI is InChI=1S/C13H17N3O.ClH/c1-14-12(13(17)15-2)7-9-8-16-11-6-4-3-5-10(9)11;/h3-6,8,12,14,16H,7H2,1-2H3,(H,15,17);1H/t12-;/m0./s1. The zero-order chi connectivity index (χ0) is 12.3. The van der Waals surface area contributed by atoms with Crippen molar-refractivity contribution in [2.75, 3.05) is 14.1 Å². The van der Waals surface area contributed by atoms with E-state index in [9.17, 15) is 4.79 Å². The molecule has 5 heteroatoms. The Labute approximate surface area is 113 Å². The summed E-state index contributed by atoms with van der Waals surface area (Å²) in [6.07, 6.45) is 2.73. The molecule has 0 aliphatic carbocycles. The van der Waals surface area contributed by atoms with E-state index in [0.717, 1.165) is 11.9 Å². The third kappa shape index (κ3) is 2.83. The van der Waals surface area contributed by atoms with Gasteiger partial charge in [0, 0.05) is 30.6 Å². The van der Waals surface area contributed by atoms with E-state index in [0.29, 0.717) is 0 Å². The monoisotopic (exact) mass is 267 g/mol. The number of nitrogens with one attached hydrogen (secondary N) is 2. The predicted molar refractivity (Wildman–Crippen MR) is 67.7 cm³/mol. The lowest BCUT2D eigenvalue weighted by molar-refractivity contribution is -0.649. The molecule has 1 aromatic heterocycles. The number of carbonyl (C=O) groups excluding carboxylic acids is 1. The molecular formula is C13H18ClN3O. The summed E-state index contributed by atoms with van der Waals surface area (Å²) >= 11 is 0. The molecule has 1 heterocycles. The molecule has 0 saturated carbocycles. The van der Waals surface area contributed by atoms with Crippen LogP contribution in [0.2, 0.25) is 0 Å². The zero-order valence-electron chi connectivity index (χ0n) is 10.5. The average Bonchev–Trinajstić information content (AvgIpc) is 2.78. The highest BCUT2D eigenvalue weighted by molar-refractivity contribution is 5.85. The van der Waals surface area contributed by atoms with Gasteiger partial charge in [0.05, 0.1) is 7.05 Å². The van der Waals surface area contributed by atoms with Gasteiger partial charge in [-0.1, -0.05) is 18.2 Å². The van der Waals surface area contributed by atoms with Crippen LogP contribution in [-0.4, -0.2) is 31.0 Å².